The summed E-state index contributed by atoms with van der Waals surface area (Å²) < 4.78 is 12.9. The number of hydrogen-bond acceptors (Lipinski definition) is 4. The first-order chi connectivity index (χ1) is 14.5. The van der Waals surface area contributed by atoms with Gasteiger partial charge >= 0.3 is 0 Å². The van der Waals surface area contributed by atoms with Crippen LogP contribution in [0.4, 0.5) is 0 Å². The van der Waals surface area contributed by atoms with Gasteiger partial charge in [-0.15, -0.1) is 0 Å². The first kappa shape index (κ1) is 21.4. The molecule has 0 amide bonds. The van der Waals surface area contributed by atoms with Crippen molar-refractivity contribution in [1.82, 2.24) is 0 Å². The molecule has 0 heterocycles. The van der Waals surface area contributed by atoms with E-state index in [2.05, 4.69) is 13.0 Å². The van der Waals surface area contributed by atoms with Crippen LogP contribution in [0.3, 0.4) is 0 Å². The molecule has 5 aliphatic rings. The zero-order valence-corrected chi connectivity index (χ0v) is 19.1. The molecule has 4 saturated carbocycles. The van der Waals surface area contributed by atoms with Gasteiger partial charge in [-0.3, -0.25) is 0 Å². The Morgan fingerprint density at radius 3 is 2.53 bits per heavy atom. The summed E-state index contributed by atoms with van der Waals surface area (Å²) in [5.74, 6) is 1.53. The summed E-state index contributed by atoms with van der Waals surface area (Å²) in [6, 6.07) is 0. The van der Waals surface area contributed by atoms with E-state index in [-0.39, 0.29) is 29.3 Å². The molecular weight excluding hydrogens is 376 g/mol. The summed E-state index contributed by atoms with van der Waals surface area (Å²) in [4.78, 5) is 0. The van der Waals surface area contributed by atoms with Crippen LogP contribution < -0.4 is 0 Å². The molecule has 0 spiro atoms. The standard InChI is InChI=1S/C26H42O4/c1-24-14-11-22-20(7-6-18-16-19(28)10-15-25(18,22)17-27)21(24)8-9-23(24)30-26(29-2)12-4-3-5-13-26/h6,19-23,27-28H,3-5,7-17H2,1-2H3/t19-,20-,21-,22-,23-,24-,25+/m0/s1. The maximum Gasteiger partial charge on any atom is 0.168 e. The molecule has 4 nitrogen and oxygen atoms in total. The number of aliphatic hydroxyl groups is 2. The monoisotopic (exact) mass is 418 g/mol. The maximum atomic E-state index is 10.6. The van der Waals surface area contributed by atoms with Crippen LogP contribution in [0, 0.1) is 28.6 Å². The molecule has 0 aromatic carbocycles. The average molecular weight is 419 g/mol. The van der Waals surface area contributed by atoms with E-state index in [1.165, 1.54) is 44.1 Å². The Morgan fingerprint density at radius 1 is 1.00 bits per heavy atom. The Hall–Kier alpha value is -0.420. The number of rotatable bonds is 4. The topological polar surface area (TPSA) is 58.9 Å². The van der Waals surface area contributed by atoms with Crippen molar-refractivity contribution >= 4 is 0 Å². The summed E-state index contributed by atoms with van der Waals surface area (Å²) in [6.45, 7) is 2.75. The minimum absolute atomic E-state index is 0.0699. The predicted octanol–water partition coefficient (Wildman–Crippen LogP) is 4.97. The Labute approximate surface area is 182 Å². The van der Waals surface area contributed by atoms with Crippen LogP contribution in [0.15, 0.2) is 11.6 Å². The lowest BCUT2D eigenvalue weighted by molar-refractivity contribution is -0.279. The van der Waals surface area contributed by atoms with Crippen molar-refractivity contribution in [3.05, 3.63) is 11.6 Å². The van der Waals surface area contributed by atoms with E-state index in [1.807, 2.05) is 7.11 Å². The molecule has 30 heavy (non-hydrogen) atoms. The van der Waals surface area contributed by atoms with Gasteiger partial charge in [0, 0.05) is 25.4 Å². The molecule has 5 rings (SSSR count). The molecule has 0 aromatic rings. The van der Waals surface area contributed by atoms with Gasteiger partial charge in [0.1, 0.15) is 0 Å². The third-order valence-corrected chi connectivity index (χ3v) is 10.3. The summed E-state index contributed by atoms with van der Waals surface area (Å²) >= 11 is 0. The second kappa shape index (κ2) is 7.86. The van der Waals surface area contributed by atoms with Gasteiger partial charge in [0.2, 0.25) is 0 Å². The van der Waals surface area contributed by atoms with E-state index >= 15 is 0 Å². The Kier molecular flexibility index (Phi) is 5.62. The Morgan fingerprint density at radius 2 is 1.80 bits per heavy atom. The highest BCUT2D eigenvalue weighted by molar-refractivity contribution is 5.26. The van der Waals surface area contributed by atoms with Gasteiger partial charge < -0.3 is 19.7 Å². The SMILES string of the molecule is COC1(O[C@H]2CC[C@H]3[C@@H]4CC=C5C[C@@H](O)CC[C@]5(CO)[C@H]4CC[C@]23C)CCCCC1. The number of allylic oxidation sites excluding steroid dienone is 1. The zero-order chi connectivity index (χ0) is 21.0. The van der Waals surface area contributed by atoms with Crippen LogP contribution in [0.2, 0.25) is 0 Å². The number of ether oxygens (including phenoxy) is 2. The fourth-order valence-electron chi connectivity index (χ4n) is 8.60. The van der Waals surface area contributed by atoms with Crippen molar-refractivity contribution in [3.8, 4) is 0 Å². The summed E-state index contributed by atoms with van der Waals surface area (Å²) in [5, 5.41) is 20.8. The fourth-order valence-corrected chi connectivity index (χ4v) is 8.60. The van der Waals surface area contributed by atoms with Crippen molar-refractivity contribution in [2.24, 2.45) is 28.6 Å². The van der Waals surface area contributed by atoms with Gasteiger partial charge in [-0.05, 0) is 87.4 Å². The van der Waals surface area contributed by atoms with Gasteiger partial charge in [0.25, 0.3) is 0 Å². The first-order valence-electron chi connectivity index (χ1n) is 12.7. The molecular formula is C26H42O4. The number of aliphatic hydroxyl groups excluding tert-OH is 2. The molecule has 7 atom stereocenters. The average Bonchev–Trinajstić information content (AvgIpc) is 3.10. The van der Waals surface area contributed by atoms with Gasteiger partial charge in [0.15, 0.2) is 5.79 Å². The lowest BCUT2D eigenvalue weighted by atomic mass is 9.47. The van der Waals surface area contributed by atoms with Crippen molar-refractivity contribution in [1.29, 1.82) is 0 Å². The van der Waals surface area contributed by atoms with E-state index in [4.69, 9.17) is 9.47 Å². The summed E-state index contributed by atoms with van der Waals surface area (Å²) in [5.41, 5.74) is 1.51. The Bertz CT molecular complexity index is 668. The van der Waals surface area contributed by atoms with Crippen LogP contribution in [0.1, 0.15) is 90.4 Å². The van der Waals surface area contributed by atoms with Crippen molar-refractivity contribution in [2.75, 3.05) is 13.7 Å². The molecule has 170 valence electrons. The number of methoxy groups -OCH3 is 1. The highest BCUT2D eigenvalue weighted by Crippen LogP contribution is 2.65. The van der Waals surface area contributed by atoms with Crippen molar-refractivity contribution < 1.29 is 19.7 Å². The fraction of sp³-hybridized carbons (Fsp3) is 0.923. The molecule has 4 fully saturated rings. The van der Waals surface area contributed by atoms with Crippen LogP contribution in [-0.2, 0) is 9.47 Å². The molecule has 0 radical (unpaired) electrons. The normalized spacial score (nSPS) is 47.7. The minimum atomic E-state index is -0.358. The second-order valence-electron chi connectivity index (χ2n) is 11.5. The van der Waals surface area contributed by atoms with Gasteiger partial charge in [-0.1, -0.05) is 25.0 Å². The molecule has 0 unspecified atom stereocenters. The van der Waals surface area contributed by atoms with Crippen molar-refractivity contribution in [3.63, 3.8) is 0 Å². The summed E-state index contributed by atoms with van der Waals surface area (Å²) in [7, 11) is 1.84. The highest BCUT2D eigenvalue weighted by Gasteiger charge is 2.61. The number of hydrogen-bond donors (Lipinski definition) is 2. The maximum absolute atomic E-state index is 10.6. The van der Waals surface area contributed by atoms with E-state index in [0.29, 0.717) is 23.9 Å². The zero-order valence-electron chi connectivity index (χ0n) is 19.1. The van der Waals surface area contributed by atoms with Gasteiger partial charge in [-0.25, -0.2) is 0 Å². The predicted molar refractivity (Wildman–Crippen MR) is 117 cm³/mol. The van der Waals surface area contributed by atoms with Crippen LogP contribution in [-0.4, -0.2) is 41.9 Å². The molecule has 0 saturated heterocycles. The van der Waals surface area contributed by atoms with Crippen LogP contribution in [0.5, 0.6) is 0 Å². The molecule has 2 N–H and O–H groups in total. The van der Waals surface area contributed by atoms with E-state index in [9.17, 15) is 10.2 Å². The van der Waals surface area contributed by atoms with Gasteiger partial charge in [-0.2, -0.15) is 0 Å². The summed E-state index contributed by atoms with van der Waals surface area (Å²) in [6.07, 6.45) is 16.8. The van der Waals surface area contributed by atoms with E-state index in [0.717, 1.165) is 44.9 Å². The third-order valence-electron chi connectivity index (χ3n) is 10.3. The molecule has 0 aliphatic heterocycles. The Balaban J connectivity index is 1.39. The van der Waals surface area contributed by atoms with E-state index < -0.39 is 0 Å². The largest absolute Gasteiger partial charge is 0.395 e. The highest BCUT2D eigenvalue weighted by atomic mass is 16.7. The first-order valence-corrected chi connectivity index (χ1v) is 12.7. The van der Waals surface area contributed by atoms with Crippen LogP contribution >= 0.6 is 0 Å². The third kappa shape index (κ3) is 3.16. The van der Waals surface area contributed by atoms with E-state index in [1.54, 1.807) is 0 Å². The van der Waals surface area contributed by atoms with Gasteiger partial charge in [0.05, 0.1) is 18.8 Å². The smallest absolute Gasteiger partial charge is 0.168 e. The molecule has 0 bridgehead atoms. The molecule has 5 aliphatic carbocycles. The lowest BCUT2D eigenvalue weighted by Gasteiger charge is -2.58. The second-order valence-corrected chi connectivity index (χ2v) is 11.5. The number of fused-ring (bicyclic) bond motifs is 5. The molecule has 0 aromatic heterocycles. The minimum Gasteiger partial charge on any atom is -0.395 e. The van der Waals surface area contributed by atoms with Crippen molar-refractivity contribution in [2.45, 2.75) is 108 Å². The molecule has 4 heteroatoms. The quantitative estimate of drug-likeness (QED) is 0.500. The lowest BCUT2D eigenvalue weighted by Crippen LogP contribution is -2.54. The van der Waals surface area contributed by atoms with Crippen LogP contribution in [0.25, 0.3) is 0 Å².